The fraction of sp³-hybridized carbons (Fsp3) is 0.188. The number of nitrogens with one attached hydrogen (secondary N) is 1. The lowest BCUT2D eigenvalue weighted by molar-refractivity contribution is 0.415. The second-order valence-corrected chi connectivity index (χ2v) is 4.84. The van der Waals surface area contributed by atoms with Gasteiger partial charge in [-0.1, -0.05) is 17.2 Å². The molecule has 19 heavy (non-hydrogen) atoms. The third kappa shape index (κ3) is 2.19. The summed E-state index contributed by atoms with van der Waals surface area (Å²) in [5.74, 6) is 1.73. The van der Waals surface area contributed by atoms with Crippen molar-refractivity contribution in [2.45, 2.75) is 13.8 Å². The second-order valence-electron chi connectivity index (χ2n) is 4.84. The Bertz CT molecular complexity index is 723. The zero-order valence-electron chi connectivity index (χ0n) is 11.3. The maximum atomic E-state index is 5.23. The summed E-state index contributed by atoms with van der Waals surface area (Å²) in [5, 5.41) is 0. The van der Waals surface area contributed by atoms with E-state index in [1.807, 2.05) is 18.2 Å². The number of H-pyrrole nitrogens is 1. The SMILES string of the molecule is COc1ccc2nc(-c3cc(C)cc(C)c3)[nH]c2c1. The van der Waals surface area contributed by atoms with E-state index in [0.717, 1.165) is 28.2 Å². The quantitative estimate of drug-likeness (QED) is 0.752. The summed E-state index contributed by atoms with van der Waals surface area (Å²) in [7, 11) is 1.67. The molecule has 0 bridgehead atoms. The predicted octanol–water partition coefficient (Wildman–Crippen LogP) is 3.86. The van der Waals surface area contributed by atoms with E-state index >= 15 is 0 Å². The van der Waals surface area contributed by atoms with E-state index in [4.69, 9.17) is 4.74 Å². The van der Waals surface area contributed by atoms with Crippen LogP contribution in [0.2, 0.25) is 0 Å². The Labute approximate surface area is 112 Å². The third-order valence-electron chi connectivity index (χ3n) is 3.18. The largest absolute Gasteiger partial charge is 0.497 e. The van der Waals surface area contributed by atoms with Crippen LogP contribution in [0.1, 0.15) is 11.1 Å². The molecule has 0 spiro atoms. The lowest BCUT2D eigenvalue weighted by atomic mass is 10.1. The molecule has 0 aliphatic rings. The van der Waals surface area contributed by atoms with E-state index in [9.17, 15) is 0 Å². The van der Waals surface area contributed by atoms with Crippen molar-refractivity contribution in [1.29, 1.82) is 0 Å². The number of ether oxygens (including phenoxy) is 1. The minimum atomic E-state index is 0.836. The molecule has 2 aromatic carbocycles. The highest BCUT2D eigenvalue weighted by Crippen LogP contribution is 2.25. The minimum absolute atomic E-state index is 0.836. The molecule has 1 N–H and O–H groups in total. The molecule has 1 heterocycles. The topological polar surface area (TPSA) is 37.9 Å². The summed E-state index contributed by atoms with van der Waals surface area (Å²) in [6, 6.07) is 12.3. The number of aromatic nitrogens is 2. The lowest BCUT2D eigenvalue weighted by Gasteiger charge is -2.01. The van der Waals surface area contributed by atoms with E-state index in [0.29, 0.717) is 0 Å². The number of hydrogen-bond acceptors (Lipinski definition) is 2. The summed E-state index contributed by atoms with van der Waals surface area (Å²) < 4.78 is 5.23. The van der Waals surface area contributed by atoms with Crippen molar-refractivity contribution in [2.24, 2.45) is 0 Å². The maximum absolute atomic E-state index is 5.23. The highest BCUT2D eigenvalue weighted by atomic mass is 16.5. The van der Waals surface area contributed by atoms with Crippen LogP contribution in [-0.4, -0.2) is 17.1 Å². The van der Waals surface area contributed by atoms with Gasteiger partial charge in [0.1, 0.15) is 11.6 Å². The molecule has 0 amide bonds. The van der Waals surface area contributed by atoms with Crippen molar-refractivity contribution in [3.63, 3.8) is 0 Å². The molecule has 0 aliphatic heterocycles. The highest BCUT2D eigenvalue weighted by Gasteiger charge is 2.07. The van der Waals surface area contributed by atoms with Gasteiger partial charge in [0, 0.05) is 11.6 Å². The average molecular weight is 252 g/mol. The summed E-state index contributed by atoms with van der Waals surface area (Å²) in [4.78, 5) is 7.98. The van der Waals surface area contributed by atoms with E-state index in [1.165, 1.54) is 11.1 Å². The van der Waals surface area contributed by atoms with Crippen molar-refractivity contribution < 1.29 is 4.74 Å². The Morgan fingerprint density at radius 1 is 1.00 bits per heavy atom. The van der Waals surface area contributed by atoms with E-state index in [-0.39, 0.29) is 0 Å². The summed E-state index contributed by atoms with van der Waals surface area (Å²) in [6.07, 6.45) is 0. The molecule has 0 saturated carbocycles. The van der Waals surface area contributed by atoms with Gasteiger partial charge in [-0.3, -0.25) is 0 Å². The molecule has 0 radical (unpaired) electrons. The standard InChI is InChI=1S/C16H16N2O/c1-10-6-11(2)8-12(7-10)16-17-14-5-4-13(19-3)9-15(14)18-16/h4-9H,1-3H3,(H,17,18). The fourth-order valence-electron chi connectivity index (χ4n) is 2.36. The molecule has 3 aromatic rings. The van der Waals surface area contributed by atoms with Crippen LogP contribution in [0.5, 0.6) is 5.75 Å². The van der Waals surface area contributed by atoms with Gasteiger partial charge >= 0.3 is 0 Å². The summed E-state index contributed by atoms with van der Waals surface area (Å²) >= 11 is 0. The molecule has 96 valence electrons. The Morgan fingerprint density at radius 3 is 2.42 bits per heavy atom. The van der Waals surface area contributed by atoms with Crippen LogP contribution in [0.25, 0.3) is 22.4 Å². The number of benzene rings is 2. The zero-order valence-corrected chi connectivity index (χ0v) is 11.3. The van der Waals surface area contributed by atoms with Gasteiger partial charge < -0.3 is 9.72 Å². The van der Waals surface area contributed by atoms with Crippen molar-refractivity contribution >= 4 is 11.0 Å². The molecule has 0 saturated heterocycles. The van der Waals surface area contributed by atoms with Gasteiger partial charge in [0.2, 0.25) is 0 Å². The molecule has 0 unspecified atom stereocenters. The zero-order chi connectivity index (χ0) is 13.4. The normalized spacial score (nSPS) is 10.9. The van der Waals surface area contributed by atoms with E-state index in [2.05, 4.69) is 42.0 Å². The van der Waals surface area contributed by atoms with E-state index in [1.54, 1.807) is 7.11 Å². The Balaban J connectivity index is 2.14. The monoisotopic (exact) mass is 252 g/mol. The number of rotatable bonds is 2. The number of aromatic amines is 1. The van der Waals surface area contributed by atoms with Gasteiger partial charge in [0.15, 0.2) is 0 Å². The van der Waals surface area contributed by atoms with Crippen LogP contribution < -0.4 is 4.74 Å². The Hall–Kier alpha value is -2.29. The minimum Gasteiger partial charge on any atom is -0.497 e. The third-order valence-corrected chi connectivity index (χ3v) is 3.18. The summed E-state index contributed by atoms with van der Waals surface area (Å²) in [6.45, 7) is 4.20. The maximum Gasteiger partial charge on any atom is 0.138 e. The smallest absolute Gasteiger partial charge is 0.138 e. The number of imidazole rings is 1. The second kappa shape index (κ2) is 4.43. The first-order valence-corrected chi connectivity index (χ1v) is 6.28. The molecule has 3 rings (SSSR count). The number of aryl methyl sites for hydroxylation is 2. The Morgan fingerprint density at radius 2 is 1.74 bits per heavy atom. The molecule has 3 nitrogen and oxygen atoms in total. The first-order valence-electron chi connectivity index (χ1n) is 6.28. The van der Waals surface area contributed by atoms with Crippen LogP contribution in [0, 0.1) is 13.8 Å². The van der Waals surface area contributed by atoms with Crippen LogP contribution in [0.3, 0.4) is 0 Å². The number of hydrogen-bond donors (Lipinski definition) is 1. The first kappa shape index (κ1) is 11.8. The van der Waals surface area contributed by atoms with Crippen LogP contribution >= 0.6 is 0 Å². The molecule has 1 aromatic heterocycles. The van der Waals surface area contributed by atoms with Crippen molar-refractivity contribution in [1.82, 2.24) is 9.97 Å². The predicted molar refractivity (Wildman–Crippen MR) is 77.6 cm³/mol. The molecular weight excluding hydrogens is 236 g/mol. The molecule has 0 aliphatic carbocycles. The van der Waals surface area contributed by atoms with Crippen molar-refractivity contribution in [2.75, 3.05) is 7.11 Å². The van der Waals surface area contributed by atoms with Crippen LogP contribution in [0.4, 0.5) is 0 Å². The number of fused-ring (bicyclic) bond motifs is 1. The highest BCUT2D eigenvalue weighted by molar-refractivity contribution is 5.80. The molecular formula is C16H16N2O. The van der Waals surface area contributed by atoms with Crippen LogP contribution in [0.15, 0.2) is 36.4 Å². The summed E-state index contributed by atoms with van der Waals surface area (Å²) in [5.41, 5.74) is 5.55. The fourth-order valence-corrected chi connectivity index (χ4v) is 2.36. The molecule has 0 fully saturated rings. The Kier molecular flexibility index (Phi) is 2.75. The van der Waals surface area contributed by atoms with Gasteiger partial charge in [0.05, 0.1) is 18.1 Å². The number of methoxy groups -OCH3 is 1. The van der Waals surface area contributed by atoms with Gasteiger partial charge in [-0.25, -0.2) is 4.98 Å². The van der Waals surface area contributed by atoms with Gasteiger partial charge in [0.25, 0.3) is 0 Å². The van der Waals surface area contributed by atoms with Crippen LogP contribution in [-0.2, 0) is 0 Å². The average Bonchev–Trinajstić information content (AvgIpc) is 2.80. The van der Waals surface area contributed by atoms with E-state index < -0.39 is 0 Å². The molecule has 3 heteroatoms. The lowest BCUT2D eigenvalue weighted by Crippen LogP contribution is -1.84. The van der Waals surface area contributed by atoms with Crippen molar-refractivity contribution in [3.8, 4) is 17.1 Å². The molecule has 0 atom stereocenters. The van der Waals surface area contributed by atoms with Gasteiger partial charge in [-0.05, 0) is 38.1 Å². The number of nitrogens with zero attached hydrogens (tertiary/aromatic N) is 1. The van der Waals surface area contributed by atoms with Gasteiger partial charge in [-0.2, -0.15) is 0 Å². The first-order chi connectivity index (χ1) is 9.15. The van der Waals surface area contributed by atoms with Crippen molar-refractivity contribution in [3.05, 3.63) is 47.5 Å². The van der Waals surface area contributed by atoms with Gasteiger partial charge in [-0.15, -0.1) is 0 Å².